The number of rotatable bonds is 9. The summed E-state index contributed by atoms with van der Waals surface area (Å²) in [6.45, 7) is 2.45. The van der Waals surface area contributed by atoms with Gasteiger partial charge in [0.15, 0.2) is 0 Å². The number of benzene rings is 2. The van der Waals surface area contributed by atoms with Gasteiger partial charge in [-0.15, -0.1) is 0 Å². The largest absolute Gasteiger partial charge is 0.383 e. The molecular formula is C19H22ClN3O3. The number of methoxy groups -OCH3 is 1. The highest BCUT2D eigenvalue weighted by atomic mass is 35.5. The Labute approximate surface area is 157 Å². The Kier molecular flexibility index (Phi) is 8.08. The van der Waals surface area contributed by atoms with E-state index >= 15 is 0 Å². The van der Waals surface area contributed by atoms with Crippen molar-refractivity contribution in [3.05, 3.63) is 64.7 Å². The van der Waals surface area contributed by atoms with E-state index in [1.807, 2.05) is 0 Å². The predicted molar refractivity (Wildman–Crippen MR) is 103 cm³/mol. The molecule has 0 heterocycles. The molecule has 0 radical (unpaired) electrons. The van der Waals surface area contributed by atoms with Crippen LogP contribution in [0.2, 0.25) is 5.02 Å². The molecule has 3 N–H and O–H groups in total. The van der Waals surface area contributed by atoms with E-state index in [1.54, 1.807) is 55.6 Å². The van der Waals surface area contributed by atoms with Gasteiger partial charge in [0.25, 0.3) is 11.8 Å². The Morgan fingerprint density at radius 3 is 2.42 bits per heavy atom. The van der Waals surface area contributed by atoms with Crippen molar-refractivity contribution in [3.8, 4) is 0 Å². The molecule has 2 aromatic carbocycles. The zero-order valence-electron chi connectivity index (χ0n) is 14.5. The molecular weight excluding hydrogens is 354 g/mol. The molecule has 0 saturated carbocycles. The summed E-state index contributed by atoms with van der Waals surface area (Å²) in [5.74, 6) is -0.548. The summed E-state index contributed by atoms with van der Waals surface area (Å²) < 4.78 is 4.94. The quantitative estimate of drug-likeness (QED) is 0.588. The van der Waals surface area contributed by atoms with Gasteiger partial charge < -0.3 is 20.7 Å². The highest BCUT2D eigenvalue weighted by Gasteiger charge is 2.13. The van der Waals surface area contributed by atoms with Crippen LogP contribution in [0.15, 0.2) is 48.5 Å². The molecule has 0 fully saturated rings. The molecule has 0 atom stereocenters. The zero-order valence-corrected chi connectivity index (χ0v) is 15.3. The maximum Gasteiger partial charge on any atom is 0.255 e. The van der Waals surface area contributed by atoms with Crippen molar-refractivity contribution < 1.29 is 14.3 Å². The summed E-state index contributed by atoms with van der Waals surface area (Å²) in [5, 5.41) is 9.30. The molecule has 0 aliphatic heterocycles. The molecule has 0 aliphatic carbocycles. The molecule has 0 unspecified atom stereocenters. The normalized spacial score (nSPS) is 10.4. The summed E-state index contributed by atoms with van der Waals surface area (Å²) in [4.78, 5) is 24.7. The average molecular weight is 376 g/mol. The highest BCUT2D eigenvalue weighted by Crippen LogP contribution is 2.17. The number of ether oxygens (including phenoxy) is 1. The fourth-order valence-electron chi connectivity index (χ4n) is 2.24. The Hall–Kier alpha value is -2.41. The van der Waals surface area contributed by atoms with Gasteiger partial charge in [-0.3, -0.25) is 9.59 Å². The lowest BCUT2D eigenvalue weighted by molar-refractivity contribution is 0.0954. The summed E-state index contributed by atoms with van der Waals surface area (Å²) in [6, 6.07) is 13.4. The van der Waals surface area contributed by atoms with Crippen LogP contribution in [0, 0.1) is 0 Å². The first-order chi connectivity index (χ1) is 12.6. The summed E-state index contributed by atoms with van der Waals surface area (Å²) >= 11 is 5.84. The third-order valence-electron chi connectivity index (χ3n) is 3.60. The van der Waals surface area contributed by atoms with Crippen LogP contribution in [-0.2, 0) is 4.74 Å². The van der Waals surface area contributed by atoms with Crippen LogP contribution in [-0.4, -0.2) is 45.2 Å². The number of nitrogens with one attached hydrogen (secondary N) is 3. The average Bonchev–Trinajstić information content (AvgIpc) is 2.65. The van der Waals surface area contributed by atoms with Crippen molar-refractivity contribution in [2.75, 3.05) is 38.7 Å². The second-order valence-electron chi connectivity index (χ2n) is 5.51. The minimum Gasteiger partial charge on any atom is -0.383 e. The molecule has 0 spiro atoms. The van der Waals surface area contributed by atoms with Crippen molar-refractivity contribution >= 4 is 29.1 Å². The molecule has 6 nitrogen and oxygen atoms in total. The van der Waals surface area contributed by atoms with Crippen LogP contribution < -0.4 is 16.0 Å². The summed E-state index contributed by atoms with van der Waals surface area (Å²) in [7, 11) is 1.64. The summed E-state index contributed by atoms with van der Waals surface area (Å²) in [6.07, 6.45) is 0. The van der Waals surface area contributed by atoms with E-state index in [-0.39, 0.29) is 11.8 Å². The van der Waals surface area contributed by atoms with Crippen molar-refractivity contribution in [2.45, 2.75) is 0 Å². The first-order valence-electron chi connectivity index (χ1n) is 8.25. The zero-order chi connectivity index (χ0) is 18.8. The summed E-state index contributed by atoms with van der Waals surface area (Å²) in [5.41, 5.74) is 1.33. The first-order valence-corrected chi connectivity index (χ1v) is 8.63. The minimum atomic E-state index is -0.303. The Bertz CT molecular complexity index is 735. The Balaban J connectivity index is 1.95. The molecule has 2 amide bonds. The van der Waals surface area contributed by atoms with E-state index in [9.17, 15) is 9.59 Å². The molecule has 2 rings (SSSR count). The van der Waals surface area contributed by atoms with E-state index in [1.165, 1.54) is 0 Å². The van der Waals surface area contributed by atoms with Crippen molar-refractivity contribution in [1.82, 2.24) is 10.6 Å². The molecule has 138 valence electrons. The number of anilines is 1. The molecule has 0 aliphatic rings. The van der Waals surface area contributed by atoms with Crippen LogP contribution in [0.5, 0.6) is 0 Å². The van der Waals surface area contributed by atoms with Gasteiger partial charge in [0.2, 0.25) is 0 Å². The number of hydrogen-bond acceptors (Lipinski definition) is 4. The van der Waals surface area contributed by atoms with E-state index < -0.39 is 0 Å². The lowest BCUT2D eigenvalue weighted by Gasteiger charge is -2.12. The lowest BCUT2D eigenvalue weighted by atomic mass is 10.1. The fraction of sp³-hybridized carbons (Fsp3) is 0.263. The Morgan fingerprint density at radius 1 is 0.962 bits per heavy atom. The van der Waals surface area contributed by atoms with Crippen molar-refractivity contribution in [1.29, 1.82) is 0 Å². The van der Waals surface area contributed by atoms with Gasteiger partial charge in [-0.1, -0.05) is 23.7 Å². The van der Waals surface area contributed by atoms with Gasteiger partial charge in [0.1, 0.15) is 0 Å². The highest BCUT2D eigenvalue weighted by molar-refractivity contribution is 6.30. The minimum absolute atomic E-state index is 0.245. The van der Waals surface area contributed by atoms with Crippen LogP contribution in [0.4, 0.5) is 5.69 Å². The van der Waals surface area contributed by atoms with Gasteiger partial charge >= 0.3 is 0 Å². The van der Waals surface area contributed by atoms with E-state index in [0.29, 0.717) is 41.5 Å². The van der Waals surface area contributed by atoms with Crippen molar-refractivity contribution in [3.63, 3.8) is 0 Å². The van der Waals surface area contributed by atoms with Gasteiger partial charge in [-0.05, 0) is 36.4 Å². The first kappa shape index (κ1) is 19.9. The third-order valence-corrected chi connectivity index (χ3v) is 3.85. The van der Waals surface area contributed by atoms with Gasteiger partial charge in [-0.25, -0.2) is 0 Å². The smallest absolute Gasteiger partial charge is 0.255 e. The van der Waals surface area contributed by atoms with E-state index in [2.05, 4.69) is 16.0 Å². The maximum atomic E-state index is 12.4. The van der Waals surface area contributed by atoms with Crippen LogP contribution in [0.25, 0.3) is 0 Å². The van der Waals surface area contributed by atoms with Gasteiger partial charge in [-0.2, -0.15) is 0 Å². The second kappa shape index (κ2) is 10.6. The van der Waals surface area contributed by atoms with Gasteiger partial charge in [0, 0.05) is 37.3 Å². The van der Waals surface area contributed by atoms with E-state index in [0.717, 1.165) is 6.54 Å². The number of halogens is 1. The number of carbonyl (C=O) groups is 2. The predicted octanol–water partition coefficient (Wildman–Crippen LogP) is 2.56. The number of para-hydroxylation sites is 1. The molecule has 0 bridgehead atoms. The van der Waals surface area contributed by atoms with Crippen LogP contribution in [0.1, 0.15) is 20.7 Å². The topological polar surface area (TPSA) is 79.5 Å². The fourth-order valence-corrected chi connectivity index (χ4v) is 2.37. The van der Waals surface area contributed by atoms with Crippen molar-refractivity contribution in [2.24, 2.45) is 0 Å². The number of carbonyl (C=O) groups excluding carboxylic acids is 2. The van der Waals surface area contributed by atoms with Crippen LogP contribution >= 0.6 is 11.6 Å². The molecule has 7 heteroatoms. The Morgan fingerprint density at radius 2 is 1.69 bits per heavy atom. The molecule has 0 saturated heterocycles. The monoisotopic (exact) mass is 375 g/mol. The second-order valence-corrected chi connectivity index (χ2v) is 5.94. The number of amides is 2. The standard InChI is InChI=1S/C19H22ClN3O3/c1-26-13-12-21-10-11-22-19(25)16-4-2-3-5-17(16)23-18(24)14-6-8-15(20)9-7-14/h2-9,21H,10-13H2,1H3,(H,22,25)(H,23,24). The SMILES string of the molecule is COCCNCCNC(=O)c1ccccc1NC(=O)c1ccc(Cl)cc1. The molecule has 0 aromatic heterocycles. The lowest BCUT2D eigenvalue weighted by Crippen LogP contribution is -2.33. The van der Waals surface area contributed by atoms with Gasteiger partial charge in [0.05, 0.1) is 17.9 Å². The molecule has 26 heavy (non-hydrogen) atoms. The van der Waals surface area contributed by atoms with E-state index in [4.69, 9.17) is 16.3 Å². The molecule has 2 aromatic rings. The maximum absolute atomic E-state index is 12.4. The van der Waals surface area contributed by atoms with Crippen LogP contribution in [0.3, 0.4) is 0 Å². The third kappa shape index (κ3) is 6.15. The number of hydrogen-bond donors (Lipinski definition) is 3.